The van der Waals surface area contributed by atoms with Crippen molar-refractivity contribution in [3.63, 3.8) is 0 Å². The quantitative estimate of drug-likeness (QED) is 0.335. The summed E-state index contributed by atoms with van der Waals surface area (Å²) in [4.78, 5) is 18.8. The van der Waals surface area contributed by atoms with Crippen LogP contribution >= 0.6 is 0 Å². The van der Waals surface area contributed by atoms with E-state index in [0.29, 0.717) is 19.0 Å². The third-order valence-corrected chi connectivity index (χ3v) is 4.48. The summed E-state index contributed by atoms with van der Waals surface area (Å²) >= 11 is 0. The highest BCUT2D eigenvalue weighted by Crippen LogP contribution is 2.28. The Morgan fingerprint density at radius 1 is 1.22 bits per heavy atom. The normalized spacial score (nSPS) is 14.1. The molecule has 1 aromatic rings. The van der Waals surface area contributed by atoms with Crippen molar-refractivity contribution in [2.24, 2.45) is 10.9 Å². The van der Waals surface area contributed by atoms with Gasteiger partial charge in [0.05, 0.1) is 0 Å². The lowest BCUT2D eigenvalue weighted by Crippen LogP contribution is -2.39. The molecule has 0 unspecified atom stereocenters. The number of likely N-dealkylation sites (N-methyl/N-ethyl adjacent to an activating group) is 1. The van der Waals surface area contributed by atoms with Crippen molar-refractivity contribution in [3.05, 3.63) is 35.9 Å². The summed E-state index contributed by atoms with van der Waals surface area (Å²) in [6.07, 6.45) is 3.57. The van der Waals surface area contributed by atoms with E-state index in [1.165, 1.54) is 12.8 Å². The minimum absolute atomic E-state index is 0.0336. The van der Waals surface area contributed by atoms with Gasteiger partial charge < -0.3 is 20.3 Å². The van der Waals surface area contributed by atoms with Crippen LogP contribution in [0, 0.1) is 5.92 Å². The predicted molar refractivity (Wildman–Crippen MR) is 110 cm³/mol. The minimum atomic E-state index is 0.0336. The van der Waals surface area contributed by atoms with Gasteiger partial charge in [-0.2, -0.15) is 0 Å². The van der Waals surface area contributed by atoms with E-state index in [1.54, 1.807) is 0 Å². The Kier molecular flexibility index (Phi) is 9.69. The molecular weight excluding hydrogens is 340 g/mol. The second-order valence-electron chi connectivity index (χ2n) is 6.89. The van der Waals surface area contributed by atoms with Gasteiger partial charge in [-0.3, -0.25) is 4.79 Å². The third kappa shape index (κ3) is 8.91. The summed E-state index contributed by atoms with van der Waals surface area (Å²) < 4.78 is 5.64. The first kappa shape index (κ1) is 21.2. The summed E-state index contributed by atoms with van der Waals surface area (Å²) in [5, 5.41) is 6.47. The van der Waals surface area contributed by atoms with Crippen LogP contribution in [0.4, 0.5) is 0 Å². The van der Waals surface area contributed by atoms with Crippen LogP contribution in [0.15, 0.2) is 35.3 Å². The van der Waals surface area contributed by atoms with Gasteiger partial charge in [0.25, 0.3) is 0 Å². The van der Waals surface area contributed by atoms with E-state index in [0.717, 1.165) is 44.2 Å². The van der Waals surface area contributed by atoms with Crippen molar-refractivity contribution in [1.82, 2.24) is 15.5 Å². The molecule has 2 rings (SSSR count). The zero-order valence-corrected chi connectivity index (χ0v) is 16.7. The number of rotatable bonds is 12. The first-order valence-corrected chi connectivity index (χ1v) is 10.1. The summed E-state index contributed by atoms with van der Waals surface area (Å²) in [5.74, 6) is 1.52. The third-order valence-electron chi connectivity index (χ3n) is 4.48. The highest BCUT2D eigenvalue weighted by atomic mass is 16.5. The standard InChI is InChI=1S/C21H34N4O2/c1-3-22-21(23-13-8-14-27-17-19-11-12-19)24-15-20(26)25(4-2)16-18-9-6-5-7-10-18/h5-7,9-10,19H,3-4,8,11-17H2,1-2H3,(H2,22,23,24). The number of ether oxygens (including phenoxy) is 1. The van der Waals surface area contributed by atoms with Crippen LogP contribution in [0.25, 0.3) is 0 Å². The van der Waals surface area contributed by atoms with Crippen LogP contribution in [0.2, 0.25) is 0 Å². The lowest BCUT2D eigenvalue weighted by molar-refractivity contribution is -0.130. The number of hydrogen-bond donors (Lipinski definition) is 2. The molecule has 0 radical (unpaired) electrons. The summed E-state index contributed by atoms with van der Waals surface area (Å²) in [6.45, 7) is 8.67. The maximum absolute atomic E-state index is 12.5. The van der Waals surface area contributed by atoms with Crippen molar-refractivity contribution in [3.8, 4) is 0 Å². The highest BCUT2D eigenvalue weighted by Gasteiger charge is 2.20. The van der Waals surface area contributed by atoms with Gasteiger partial charge in [0, 0.05) is 39.4 Å². The number of guanidine groups is 1. The van der Waals surface area contributed by atoms with E-state index in [9.17, 15) is 4.79 Å². The first-order chi connectivity index (χ1) is 13.2. The van der Waals surface area contributed by atoms with Crippen molar-refractivity contribution in [2.45, 2.75) is 39.7 Å². The molecule has 1 amide bonds. The molecular formula is C21H34N4O2. The van der Waals surface area contributed by atoms with E-state index in [1.807, 2.05) is 49.1 Å². The van der Waals surface area contributed by atoms with Crippen molar-refractivity contribution in [1.29, 1.82) is 0 Å². The van der Waals surface area contributed by atoms with Crippen LogP contribution in [0.3, 0.4) is 0 Å². The molecule has 0 aliphatic heterocycles. The summed E-state index contributed by atoms with van der Waals surface area (Å²) in [7, 11) is 0. The average molecular weight is 375 g/mol. The van der Waals surface area contributed by atoms with Crippen molar-refractivity contribution >= 4 is 11.9 Å². The van der Waals surface area contributed by atoms with Crippen molar-refractivity contribution < 1.29 is 9.53 Å². The molecule has 0 spiro atoms. The van der Waals surface area contributed by atoms with Gasteiger partial charge in [0.1, 0.15) is 6.54 Å². The zero-order chi connectivity index (χ0) is 19.3. The number of nitrogens with zero attached hydrogens (tertiary/aromatic N) is 2. The molecule has 0 aromatic heterocycles. The molecule has 0 atom stereocenters. The number of hydrogen-bond acceptors (Lipinski definition) is 3. The Morgan fingerprint density at radius 2 is 2.00 bits per heavy atom. The molecule has 6 nitrogen and oxygen atoms in total. The molecule has 27 heavy (non-hydrogen) atoms. The van der Waals surface area contributed by atoms with Gasteiger partial charge in [-0.25, -0.2) is 4.99 Å². The SMILES string of the molecule is CCNC(=NCC(=O)N(CC)Cc1ccccc1)NCCCOCC1CC1. The molecule has 1 fully saturated rings. The summed E-state index contributed by atoms with van der Waals surface area (Å²) in [5.41, 5.74) is 1.13. The Labute approximate surface area is 163 Å². The highest BCUT2D eigenvalue weighted by molar-refractivity contribution is 5.84. The van der Waals surface area contributed by atoms with Crippen molar-refractivity contribution in [2.75, 3.05) is 39.4 Å². The Balaban J connectivity index is 1.72. The van der Waals surface area contributed by atoms with Gasteiger partial charge in [-0.05, 0) is 44.6 Å². The van der Waals surface area contributed by atoms with Crippen LogP contribution in [0.5, 0.6) is 0 Å². The van der Waals surface area contributed by atoms with Gasteiger partial charge in [0.2, 0.25) is 5.91 Å². The number of carbonyl (C=O) groups excluding carboxylic acids is 1. The van der Waals surface area contributed by atoms with E-state index in [-0.39, 0.29) is 12.5 Å². The predicted octanol–water partition coefficient (Wildman–Crippen LogP) is 2.41. The molecule has 0 bridgehead atoms. The largest absolute Gasteiger partial charge is 0.381 e. The zero-order valence-electron chi connectivity index (χ0n) is 16.7. The molecule has 1 aliphatic carbocycles. The second kappa shape index (κ2) is 12.3. The van der Waals surface area contributed by atoms with Gasteiger partial charge in [-0.15, -0.1) is 0 Å². The van der Waals surface area contributed by atoms with Crippen LogP contribution in [-0.2, 0) is 16.1 Å². The molecule has 0 heterocycles. The van der Waals surface area contributed by atoms with E-state index in [2.05, 4.69) is 15.6 Å². The van der Waals surface area contributed by atoms with Gasteiger partial charge in [0.15, 0.2) is 5.96 Å². The fraction of sp³-hybridized carbons (Fsp3) is 0.619. The molecule has 1 aliphatic rings. The number of aliphatic imine (C=N–C) groups is 1. The fourth-order valence-corrected chi connectivity index (χ4v) is 2.68. The van der Waals surface area contributed by atoms with E-state index in [4.69, 9.17) is 4.74 Å². The van der Waals surface area contributed by atoms with Gasteiger partial charge in [-0.1, -0.05) is 30.3 Å². The number of nitrogens with one attached hydrogen (secondary N) is 2. The van der Waals surface area contributed by atoms with Gasteiger partial charge >= 0.3 is 0 Å². The molecule has 150 valence electrons. The Hall–Kier alpha value is -2.08. The maximum Gasteiger partial charge on any atom is 0.244 e. The smallest absolute Gasteiger partial charge is 0.244 e. The summed E-state index contributed by atoms with van der Waals surface area (Å²) in [6, 6.07) is 10.0. The van der Waals surface area contributed by atoms with Crippen LogP contribution < -0.4 is 10.6 Å². The second-order valence-corrected chi connectivity index (χ2v) is 6.89. The molecule has 6 heteroatoms. The molecule has 1 saturated carbocycles. The maximum atomic E-state index is 12.5. The monoisotopic (exact) mass is 374 g/mol. The van der Waals surface area contributed by atoms with E-state index >= 15 is 0 Å². The Bertz CT molecular complexity index is 573. The number of amides is 1. The minimum Gasteiger partial charge on any atom is -0.381 e. The van der Waals surface area contributed by atoms with E-state index < -0.39 is 0 Å². The number of carbonyl (C=O) groups is 1. The number of benzene rings is 1. The average Bonchev–Trinajstić information content (AvgIpc) is 3.51. The van der Waals surface area contributed by atoms with Crippen LogP contribution in [-0.4, -0.2) is 56.2 Å². The Morgan fingerprint density at radius 3 is 2.67 bits per heavy atom. The first-order valence-electron chi connectivity index (χ1n) is 10.1. The van der Waals surface area contributed by atoms with Crippen LogP contribution in [0.1, 0.15) is 38.7 Å². The lowest BCUT2D eigenvalue weighted by Gasteiger charge is -2.20. The molecule has 0 saturated heterocycles. The molecule has 2 N–H and O–H groups in total. The lowest BCUT2D eigenvalue weighted by atomic mass is 10.2. The fourth-order valence-electron chi connectivity index (χ4n) is 2.68. The molecule has 1 aromatic carbocycles. The topological polar surface area (TPSA) is 66.0 Å².